The molecule has 6 rings (SSSR count). The lowest BCUT2D eigenvalue weighted by Crippen LogP contribution is -2.61. The van der Waals surface area contributed by atoms with Crippen LogP contribution in [0.5, 0.6) is 0 Å². The van der Waals surface area contributed by atoms with E-state index in [9.17, 15) is 5.11 Å². The first-order valence-electron chi connectivity index (χ1n) is 12.5. The summed E-state index contributed by atoms with van der Waals surface area (Å²) in [5, 5.41) is 11.7. The molecule has 6 fully saturated rings. The molecule has 8 atom stereocenters. The lowest BCUT2D eigenvalue weighted by Gasteiger charge is -2.63. The van der Waals surface area contributed by atoms with Gasteiger partial charge in [-0.2, -0.15) is 0 Å². The van der Waals surface area contributed by atoms with Crippen molar-refractivity contribution >= 4 is 0 Å². The van der Waals surface area contributed by atoms with E-state index < -0.39 is 5.79 Å². The van der Waals surface area contributed by atoms with Crippen molar-refractivity contribution in [2.75, 3.05) is 26.4 Å². The molecule has 1 N–H and O–H groups in total. The molecule has 0 aromatic rings. The molecule has 30 heavy (non-hydrogen) atoms. The van der Waals surface area contributed by atoms with Crippen LogP contribution in [-0.4, -0.2) is 49.2 Å². The van der Waals surface area contributed by atoms with Crippen LogP contribution in [0, 0.1) is 40.4 Å². The highest BCUT2D eigenvalue weighted by Gasteiger charge is 2.67. The topological polar surface area (TPSA) is 57.2 Å². The highest BCUT2D eigenvalue weighted by molar-refractivity contribution is 5.14. The number of hydrogen-bond acceptors (Lipinski definition) is 5. The van der Waals surface area contributed by atoms with Gasteiger partial charge in [-0.15, -0.1) is 0 Å². The van der Waals surface area contributed by atoms with Crippen LogP contribution in [0.1, 0.15) is 72.1 Å². The van der Waals surface area contributed by atoms with Gasteiger partial charge in [0, 0.05) is 18.8 Å². The summed E-state index contributed by atoms with van der Waals surface area (Å²) < 4.78 is 24.5. The molecule has 0 amide bonds. The molecule has 4 saturated carbocycles. The SMILES string of the molecule is CC1([C@H]2CC[C@H]3[C@@H]4CC[C@@H]5CC6(CC[C@]5(C)[C@H]4[C@@H](O)C[C@]23C)OCCO6)OCCO1. The van der Waals surface area contributed by atoms with E-state index in [1.54, 1.807) is 0 Å². The van der Waals surface area contributed by atoms with Gasteiger partial charge < -0.3 is 24.1 Å². The third kappa shape index (κ3) is 2.65. The standard InChI is InChI=1S/C25H40O5/c1-22-8-9-25(29-12-13-30-25)14-16(22)4-5-17-18-6-7-20(24(3)27-10-11-28-24)23(18,2)15-19(26)21(17)22/h16-21,26H,4-15H2,1-3H3/t16-,17+,18+,19+,20+,21-,22+,23+/m1/s1. The van der Waals surface area contributed by atoms with E-state index in [-0.39, 0.29) is 22.7 Å². The second kappa shape index (κ2) is 6.66. The molecule has 1 spiro atoms. The zero-order valence-corrected chi connectivity index (χ0v) is 19.0. The Morgan fingerprint density at radius 2 is 1.43 bits per heavy atom. The highest BCUT2D eigenvalue weighted by Crippen LogP contribution is 2.69. The van der Waals surface area contributed by atoms with Gasteiger partial charge in [-0.1, -0.05) is 13.8 Å². The molecule has 0 unspecified atom stereocenters. The third-order valence-corrected chi connectivity index (χ3v) is 10.9. The van der Waals surface area contributed by atoms with Crippen LogP contribution >= 0.6 is 0 Å². The molecular formula is C25H40O5. The lowest BCUT2D eigenvalue weighted by molar-refractivity contribution is -0.254. The van der Waals surface area contributed by atoms with Crippen molar-refractivity contribution in [3.63, 3.8) is 0 Å². The summed E-state index contributed by atoms with van der Waals surface area (Å²) in [6.45, 7) is 9.96. The summed E-state index contributed by atoms with van der Waals surface area (Å²) >= 11 is 0. The molecule has 0 aromatic carbocycles. The fourth-order valence-corrected chi connectivity index (χ4v) is 9.67. The van der Waals surface area contributed by atoms with Crippen LogP contribution < -0.4 is 0 Å². The zero-order chi connectivity index (χ0) is 20.8. The second-order valence-electron chi connectivity index (χ2n) is 12.0. The van der Waals surface area contributed by atoms with Crippen molar-refractivity contribution in [2.24, 2.45) is 40.4 Å². The molecular weight excluding hydrogens is 380 g/mol. The predicted molar refractivity (Wildman–Crippen MR) is 112 cm³/mol. The van der Waals surface area contributed by atoms with Crippen LogP contribution in [0.25, 0.3) is 0 Å². The Balaban J connectivity index is 1.28. The van der Waals surface area contributed by atoms with Gasteiger partial charge in [0.25, 0.3) is 0 Å². The Morgan fingerprint density at radius 1 is 0.733 bits per heavy atom. The summed E-state index contributed by atoms with van der Waals surface area (Å²) in [4.78, 5) is 0. The molecule has 0 radical (unpaired) electrons. The van der Waals surface area contributed by atoms with Crippen molar-refractivity contribution < 1.29 is 24.1 Å². The van der Waals surface area contributed by atoms with Gasteiger partial charge in [0.15, 0.2) is 11.6 Å². The Kier molecular flexibility index (Phi) is 4.53. The number of rotatable bonds is 1. The van der Waals surface area contributed by atoms with Crippen molar-refractivity contribution in [3.05, 3.63) is 0 Å². The number of aliphatic hydroxyl groups excluding tert-OH is 1. The van der Waals surface area contributed by atoms with E-state index >= 15 is 0 Å². The first-order chi connectivity index (χ1) is 14.3. The van der Waals surface area contributed by atoms with E-state index in [2.05, 4.69) is 20.8 Å². The molecule has 170 valence electrons. The van der Waals surface area contributed by atoms with Gasteiger partial charge in [-0.3, -0.25) is 0 Å². The molecule has 2 saturated heterocycles. The minimum Gasteiger partial charge on any atom is -0.393 e. The monoisotopic (exact) mass is 420 g/mol. The van der Waals surface area contributed by atoms with E-state index in [4.69, 9.17) is 18.9 Å². The van der Waals surface area contributed by atoms with Crippen molar-refractivity contribution in [1.82, 2.24) is 0 Å². The van der Waals surface area contributed by atoms with Crippen LogP contribution in [0.3, 0.4) is 0 Å². The number of hydrogen-bond donors (Lipinski definition) is 1. The van der Waals surface area contributed by atoms with Crippen molar-refractivity contribution in [2.45, 2.75) is 89.8 Å². The maximum absolute atomic E-state index is 11.7. The van der Waals surface area contributed by atoms with Crippen LogP contribution in [0.4, 0.5) is 0 Å². The molecule has 5 heteroatoms. The smallest absolute Gasteiger partial charge is 0.169 e. The zero-order valence-electron chi connectivity index (χ0n) is 19.0. The van der Waals surface area contributed by atoms with Gasteiger partial charge in [0.05, 0.1) is 32.5 Å². The average molecular weight is 421 g/mol. The van der Waals surface area contributed by atoms with E-state index in [0.29, 0.717) is 42.8 Å². The van der Waals surface area contributed by atoms with Gasteiger partial charge in [-0.05, 0) is 80.0 Å². The summed E-state index contributed by atoms with van der Waals surface area (Å²) in [6, 6.07) is 0. The molecule has 2 heterocycles. The van der Waals surface area contributed by atoms with E-state index in [1.807, 2.05) is 0 Å². The maximum atomic E-state index is 11.7. The summed E-state index contributed by atoms with van der Waals surface area (Å²) in [5.41, 5.74) is 0.309. The molecule has 6 aliphatic rings. The Hall–Kier alpha value is -0.200. The van der Waals surface area contributed by atoms with Gasteiger partial charge in [0.1, 0.15) is 0 Å². The third-order valence-electron chi connectivity index (χ3n) is 10.9. The first kappa shape index (κ1) is 20.4. The van der Waals surface area contributed by atoms with Crippen LogP contribution in [-0.2, 0) is 18.9 Å². The molecule has 0 bridgehead atoms. The van der Waals surface area contributed by atoms with Gasteiger partial charge in [-0.25, -0.2) is 0 Å². The number of ether oxygens (including phenoxy) is 4. The predicted octanol–water partition coefficient (Wildman–Crippen LogP) is 4.12. The summed E-state index contributed by atoms with van der Waals surface area (Å²) in [7, 11) is 0. The molecule has 2 aliphatic heterocycles. The Bertz CT molecular complexity index is 683. The molecule has 4 aliphatic carbocycles. The minimum absolute atomic E-state index is 0.108. The Labute approximate surface area is 181 Å². The number of aliphatic hydroxyl groups is 1. The maximum Gasteiger partial charge on any atom is 0.169 e. The summed E-state index contributed by atoms with van der Waals surface area (Å²) in [5.74, 6) is 1.89. The van der Waals surface area contributed by atoms with E-state index in [1.165, 1.54) is 25.7 Å². The quantitative estimate of drug-likeness (QED) is 0.691. The molecule has 0 aromatic heterocycles. The molecule has 5 nitrogen and oxygen atoms in total. The second-order valence-corrected chi connectivity index (χ2v) is 12.0. The summed E-state index contributed by atoms with van der Waals surface area (Å²) in [6.07, 6.45) is 8.70. The normalized spacial score (nSPS) is 54.0. The average Bonchev–Trinajstić information content (AvgIpc) is 3.41. The van der Waals surface area contributed by atoms with Crippen LogP contribution in [0.2, 0.25) is 0 Å². The minimum atomic E-state index is -0.467. The Morgan fingerprint density at radius 3 is 2.17 bits per heavy atom. The highest BCUT2D eigenvalue weighted by atomic mass is 16.7. The van der Waals surface area contributed by atoms with Crippen molar-refractivity contribution in [3.8, 4) is 0 Å². The van der Waals surface area contributed by atoms with Gasteiger partial charge >= 0.3 is 0 Å². The first-order valence-corrected chi connectivity index (χ1v) is 12.5. The fourth-order valence-electron chi connectivity index (χ4n) is 9.67. The fraction of sp³-hybridized carbons (Fsp3) is 1.00. The lowest BCUT2D eigenvalue weighted by atomic mass is 9.43. The van der Waals surface area contributed by atoms with E-state index in [0.717, 1.165) is 38.9 Å². The number of fused-ring (bicyclic) bond motifs is 5. The van der Waals surface area contributed by atoms with Gasteiger partial charge in [0.2, 0.25) is 0 Å². The van der Waals surface area contributed by atoms with Crippen LogP contribution in [0.15, 0.2) is 0 Å². The largest absolute Gasteiger partial charge is 0.393 e. The van der Waals surface area contributed by atoms with Crippen molar-refractivity contribution in [1.29, 1.82) is 0 Å².